The van der Waals surface area contributed by atoms with Crippen molar-refractivity contribution in [2.24, 2.45) is 0 Å². The number of nitrogens with one attached hydrogen (secondary N) is 1. The first-order valence-corrected chi connectivity index (χ1v) is 5.58. The van der Waals surface area contributed by atoms with Gasteiger partial charge in [-0.1, -0.05) is 12.1 Å². The quantitative estimate of drug-likeness (QED) is 0.681. The zero-order valence-electron chi connectivity index (χ0n) is 9.59. The third kappa shape index (κ3) is 5.21. The van der Waals surface area contributed by atoms with Gasteiger partial charge in [0.25, 0.3) is 0 Å². The fourth-order valence-corrected chi connectivity index (χ4v) is 1.37. The maximum atomic E-state index is 13.2. The Hall–Kier alpha value is -1.04. The molecule has 0 radical (unpaired) electrons. The highest BCUT2D eigenvalue weighted by Gasteiger charge is 2.06. The fraction of sp³-hybridized carbons (Fsp3) is 0.500. The molecule has 0 spiro atoms. The normalized spacial score (nSPS) is 10.8. The van der Waals surface area contributed by atoms with Crippen molar-refractivity contribution in [2.75, 3.05) is 26.4 Å². The Kier molecular flexibility index (Phi) is 6.69. The summed E-state index contributed by atoms with van der Waals surface area (Å²) in [7, 11) is 0. The number of halogens is 2. The number of ether oxygens (including phenoxy) is 1. The molecule has 96 valence electrons. The molecule has 0 amide bonds. The van der Waals surface area contributed by atoms with E-state index in [9.17, 15) is 8.78 Å². The van der Waals surface area contributed by atoms with E-state index < -0.39 is 11.6 Å². The van der Waals surface area contributed by atoms with Crippen molar-refractivity contribution in [3.05, 3.63) is 35.4 Å². The third-order valence-electron chi connectivity index (χ3n) is 2.22. The van der Waals surface area contributed by atoms with Crippen LogP contribution in [0.5, 0.6) is 0 Å². The highest BCUT2D eigenvalue weighted by Crippen LogP contribution is 2.10. The zero-order chi connectivity index (χ0) is 12.5. The molecule has 17 heavy (non-hydrogen) atoms. The van der Waals surface area contributed by atoms with Crippen LogP contribution in [0.2, 0.25) is 0 Å². The summed E-state index contributed by atoms with van der Waals surface area (Å²) >= 11 is 0. The molecule has 0 aliphatic rings. The first-order chi connectivity index (χ1) is 8.25. The van der Waals surface area contributed by atoms with Crippen LogP contribution in [0.25, 0.3) is 0 Å². The molecular formula is C12H17F2NO2. The first-order valence-electron chi connectivity index (χ1n) is 5.58. The van der Waals surface area contributed by atoms with Crippen LogP contribution in [0.15, 0.2) is 18.2 Å². The highest BCUT2D eigenvalue weighted by molar-refractivity contribution is 5.18. The van der Waals surface area contributed by atoms with E-state index in [1.807, 2.05) is 0 Å². The lowest BCUT2D eigenvalue weighted by atomic mass is 10.2. The molecule has 1 rings (SSSR count). The summed E-state index contributed by atoms with van der Waals surface area (Å²) in [6, 6.07) is 4.13. The van der Waals surface area contributed by atoms with Crippen LogP contribution < -0.4 is 5.32 Å². The Morgan fingerprint density at radius 3 is 2.82 bits per heavy atom. The molecule has 5 heteroatoms. The number of hydrogen-bond donors (Lipinski definition) is 2. The number of benzene rings is 1. The lowest BCUT2D eigenvalue weighted by molar-refractivity contribution is 0.0907. The second kappa shape index (κ2) is 8.11. The monoisotopic (exact) mass is 245 g/mol. The Labute approximate surface area is 99.4 Å². The van der Waals surface area contributed by atoms with Gasteiger partial charge in [0.15, 0.2) is 11.6 Å². The molecule has 0 saturated carbocycles. The van der Waals surface area contributed by atoms with E-state index in [0.717, 1.165) is 12.5 Å². The molecule has 2 N–H and O–H groups in total. The molecule has 0 aromatic heterocycles. The molecule has 0 aliphatic heterocycles. The average Bonchev–Trinajstić information content (AvgIpc) is 2.33. The molecule has 0 atom stereocenters. The number of rotatable bonds is 8. The van der Waals surface area contributed by atoms with E-state index in [4.69, 9.17) is 9.84 Å². The molecular weight excluding hydrogens is 228 g/mol. The summed E-state index contributed by atoms with van der Waals surface area (Å²) in [5.74, 6) is -1.62. The van der Waals surface area contributed by atoms with Gasteiger partial charge in [0.1, 0.15) is 0 Å². The van der Waals surface area contributed by atoms with Gasteiger partial charge in [-0.15, -0.1) is 0 Å². The van der Waals surface area contributed by atoms with Gasteiger partial charge in [0.2, 0.25) is 0 Å². The second-order valence-electron chi connectivity index (χ2n) is 3.58. The smallest absolute Gasteiger partial charge is 0.163 e. The predicted octanol–water partition coefficient (Wildman–Crippen LogP) is 1.45. The zero-order valence-corrected chi connectivity index (χ0v) is 9.59. The van der Waals surface area contributed by atoms with Crippen molar-refractivity contribution < 1.29 is 18.6 Å². The van der Waals surface area contributed by atoms with Crippen LogP contribution in [0.3, 0.4) is 0 Å². The number of aliphatic hydroxyl groups is 1. The van der Waals surface area contributed by atoms with Crippen LogP contribution in [0, 0.1) is 11.6 Å². The van der Waals surface area contributed by atoms with E-state index in [1.165, 1.54) is 6.07 Å². The Balaban J connectivity index is 2.16. The largest absolute Gasteiger partial charge is 0.394 e. The number of aliphatic hydroxyl groups excluding tert-OH is 1. The highest BCUT2D eigenvalue weighted by atomic mass is 19.2. The number of hydrogen-bond acceptors (Lipinski definition) is 3. The first kappa shape index (κ1) is 14.0. The Morgan fingerprint density at radius 1 is 1.24 bits per heavy atom. The molecule has 1 aromatic rings. The van der Waals surface area contributed by atoms with Gasteiger partial charge in [0, 0.05) is 18.7 Å². The molecule has 0 heterocycles. The Bertz CT molecular complexity index is 334. The van der Waals surface area contributed by atoms with Crippen molar-refractivity contribution in [2.45, 2.75) is 13.0 Å². The van der Waals surface area contributed by atoms with Crippen LogP contribution in [0.1, 0.15) is 12.0 Å². The van der Waals surface area contributed by atoms with Crippen molar-refractivity contribution in [3.63, 3.8) is 0 Å². The van der Waals surface area contributed by atoms with E-state index in [0.29, 0.717) is 31.9 Å². The average molecular weight is 245 g/mol. The van der Waals surface area contributed by atoms with Gasteiger partial charge in [-0.25, -0.2) is 8.78 Å². The minimum atomic E-state index is -0.824. The third-order valence-corrected chi connectivity index (χ3v) is 2.22. The van der Waals surface area contributed by atoms with Crippen LogP contribution in [-0.2, 0) is 11.3 Å². The minimum absolute atomic E-state index is 0.0158. The molecule has 0 saturated heterocycles. The molecule has 0 unspecified atom stereocenters. The lowest BCUT2D eigenvalue weighted by Crippen LogP contribution is -2.17. The van der Waals surface area contributed by atoms with E-state index in [2.05, 4.69) is 5.32 Å². The summed E-state index contributed by atoms with van der Waals surface area (Å²) in [6.45, 7) is 1.84. The fourth-order valence-electron chi connectivity index (χ4n) is 1.37. The summed E-state index contributed by atoms with van der Waals surface area (Å²) in [5.41, 5.74) is 0.321. The molecule has 0 fully saturated rings. The van der Waals surface area contributed by atoms with Gasteiger partial charge in [-0.05, 0) is 19.0 Å². The van der Waals surface area contributed by atoms with Crippen molar-refractivity contribution in [1.82, 2.24) is 5.32 Å². The maximum absolute atomic E-state index is 13.2. The van der Waals surface area contributed by atoms with Crippen LogP contribution in [0.4, 0.5) is 8.78 Å². The summed E-state index contributed by atoms with van der Waals surface area (Å²) in [5, 5.41) is 11.5. The van der Waals surface area contributed by atoms with E-state index in [1.54, 1.807) is 6.07 Å². The van der Waals surface area contributed by atoms with Gasteiger partial charge in [-0.2, -0.15) is 0 Å². The van der Waals surface area contributed by atoms with Crippen molar-refractivity contribution in [1.29, 1.82) is 0 Å². The van der Waals surface area contributed by atoms with Gasteiger partial charge in [-0.3, -0.25) is 0 Å². The lowest BCUT2D eigenvalue weighted by Gasteiger charge is -2.06. The second-order valence-corrected chi connectivity index (χ2v) is 3.58. The minimum Gasteiger partial charge on any atom is -0.394 e. The maximum Gasteiger partial charge on any atom is 0.163 e. The summed E-state index contributed by atoms with van der Waals surface area (Å²) in [6.07, 6.45) is 0.761. The Morgan fingerprint density at radius 2 is 2.06 bits per heavy atom. The van der Waals surface area contributed by atoms with E-state index >= 15 is 0 Å². The standard InChI is InChI=1S/C12H17F2NO2/c13-11-4-1-3-10(12(11)14)9-15-5-2-7-17-8-6-16/h1,3-4,15-16H,2,5-9H2. The van der Waals surface area contributed by atoms with Gasteiger partial charge < -0.3 is 15.2 Å². The molecule has 1 aromatic carbocycles. The van der Waals surface area contributed by atoms with Crippen molar-refractivity contribution in [3.8, 4) is 0 Å². The van der Waals surface area contributed by atoms with Crippen LogP contribution >= 0.6 is 0 Å². The van der Waals surface area contributed by atoms with Crippen LogP contribution in [-0.4, -0.2) is 31.5 Å². The topological polar surface area (TPSA) is 41.5 Å². The van der Waals surface area contributed by atoms with Gasteiger partial charge >= 0.3 is 0 Å². The molecule has 0 aliphatic carbocycles. The van der Waals surface area contributed by atoms with Crippen molar-refractivity contribution >= 4 is 0 Å². The summed E-state index contributed by atoms with van der Waals surface area (Å²) < 4.78 is 31.1. The SMILES string of the molecule is OCCOCCCNCc1cccc(F)c1F. The van der Waals surface area contributed by atoms with Gasteiger partial charge in [0.05, 0.1) is 13.2 Å². The molecule has 3 nitrogen and oxygen atoms in total. The predicted molar refractivity (Wildman–Crippen MR) is 60.6 cm³/mol. The summed E-state index contributed by atoms with van der Waals surface area (Å²) in [4.78, 5) is 0. The van der Waals surface area contributed by atoms with E-state index in [-0.39, 0.29) is 6.61 Å². The molecule has 0 bridgehead atoms.